The number of fused-ring (bicyclic) bond motifs is 4. The molecular weight excluding hydrogens is 544 g/mol. The van der Waals surface area contributed by atoms with Crippen molar-refractivity contribution in [1.82, 2.24) is 4.90 Å². The van der Waals surface area contributed by atoms with Crippen LogP contribution in [0, 0.1) is 29.1 Å². The van der Waals surface area contributed by atoms with E-state index in [0.29, 0.717) is 21.7 Å². The second-order valence-corrected chi connectivity index (χ2v) is 11.2. The number of hydrogen-bond acceptors (Lipinski definition) is 9. The molecule has 0 bridgehead atoms. The number of aromatic hydroxyl groups is 1. The van der Waals surface area contributed by atoms with Gasteiger partial charge in [0.1, 0.15) is 17.2 Å². The molecule has 1 N–H and O–H groups in total. The first kappa shape index (κ1) is 27.5. The van der Waals surface area contributed by atoms with Crippen LogP contribution in [0.5, 0.6) is 17.2 Å². The number of phenols is 1. The van der Waals surface area contributed by atoms with E-state index in [2.05, 4.69) is 0 Å². The van der Waals surface area contributed by atoms with Gasteiger partial charge in [-0.2, -0.15) is 4.90 Å². The first-order chi connectivity index (χ1) is 20.1. The molecule has 2 aliphatic heterocycles. The minimum Gasteiger partial charge on any atom is -0.508 e. The van der Waals surface area contributed by atoms with Crippen molar-refractivity contribution in [3.05, 3.63) is 59.7 Å². The van der Waals surface area contributed by atoms with Crippen molar-refractivity contribution in [1.29, 1.82) is 0 Å². The molecule has 0 spiro atoms. The number of amides is 5. The number of carbonyl (C=O) groups excluding carboxylic acids is 5. The zero-order valence-electron chi connectivity index (χ0n) is 23.5. The number of ether oxygens (including phenoxy) is 3. The summed E-state index contributed by atoms with van der Waals surface area (Å²) in [6.07, 6.45) is 1.06. The van der Waals surface area contributed by atoms with Gasteiger partial charge in [0.05, 0.1) is 50.2 Å². The molecule has 2 heterocycles. The first-order valence-corrected chi connectivity index (χ1v) is 13.6. The van der Waals surface area contributed by atoms with E-state index in [1.807, 2.05) is 6.08 Å². The molecule has 2 aliphatic carbocycles. The van der Waals surface area contributed by atoms with Gasteiger partial charge >= 0.3 is 6.09 Å². The fraction of sp³-hybridized carbons (Fsp3) is 0.387. The predicted octanol–water partition coefficient (Wildman–Crippen LogP) is 3.41. The van der Waals surface area contributed by atoms with Gasteiger partial charge < -0.3 is 19.3 Å². The maximum absolute atomic E-state index is 14.5. The Morgan fingerprint density at radius 3 is 2.17 bits per heavy atom. The summed E-state index contributed by atoms with van der Waals surface area (Å²) in [4.78, 5) is 69.7. The van der Waals surface area contributed by atoms with Crippen LogP contribution >= 0.6 is 0 Å². The van der Waals surface area contributed by atoms with Crippen molar-refractivity contribution < 1.29 is 43.3 Å². The van der Waals surface area contributed by atoms with Crippen LogP contribution in [-0.2, 0) is 23.9 Å². The molecule has 3 fully saturated rings. The third-order valence-corrected chi connectivity index (χ3v) is 9.46. The van der Waals surface area contributed by atoms with Gasteiger partial charge in [0.15, 0.2) is 0 Å². The van der Waals surface area contributed by atoms with Gasteiger partial charge in [-0.15, -0.1) is 0 Å². The Balaban J connectivity index is 1.58. The number of para-hydroxylation sites is 1. The van der Waals surface area contributed by atoms with Crippen molar-refractivity contribution in [3.8, 4) is 17.2 Å². The van der Waals surface area contributed by atoms with Gasteiger partial charge in [0.2, 0.25) is 23.6 Å². The number of allylic oxidation sites excluding steroid dienone is 2. The summed E-state index contributed by atoms with van der Waals surface area (Å²) in [6.45, 7) is 1.74. The molecule has 6 atom stereocenters. The minimum atomic E-state index is -1.34. The number of imide groups is 4. The van der Waals surface area contributed by atoms with E-state index in [9.17, 15) is 29.1 Å². The van der Waals surface area contributed by atoms with Crippen molar-refractivity contribution in [2.75, 3.05) is 26.2 Å². The number of phenolic OH excluding ortho intramolecular Hbond substituents is 1. The number of benzene rings is 2. The van der Waals surface area contributed by atoms with E-state index in [1.165, 1.54) is 31.3 Å². The molecule has 42 heavy (non-hydrogen) atoms. The Hall–Kier alpha value is -4.67. The van der Waals surface area contributed by atoms with E-state index in [0.717, 1.165) is 7.11 Å². The number of carbonyl (C=O) groups is 5. The summed E-state index contributed by atoms with van der Waals surface area (Å²) >= 11 is 0. The molecule has 11 heteroatoms. The maximum Gasteiger partial charge on any atom is 0.423 e. The third-order valence-electron chi connectivity index (χ3n) is 9.46. The van der Waals surface area contributed by atoms with E-state index in [-0.39, 0.29) is 30.1 Å². The van der Waals surface area contributed by atoms with Crippen LogP contribution in [0.3, 0.4) is 0 Å². The highest BCUT2D eigenvalue weighted by atomic mass is 16.5. The smallest absolute Gasteiger partial charge is 0.423 e. The van der Waals surface area contributed by atoms with Crippen LogP contribution in [0.25, 0.3) is 0 Å². The van der Waals surface area contributed by atoms with Crippen LogP contribution in [-0.4, -0.2) is 61.1 Å². The van der Waals surface area contributed by atoms with Crippen LogP contribution < -0.4 is 14.4 Å². The van der Waals surface area contributed by atoms with E-state index in [1.54, 1.807) is 37.3 Å². The van der Waals surface area contributed by atoms with Crippen LogP contribution in [0.1, 0.15) is 31.2 Å². The number of nitrogens with zero attached hydrogens (tertiary/aromatic N) is 2. The molecule has 5 amide bonds. The Morgan fingerprint density at radius 2 is 1.57 bits per heavy atom. The normalized spacial score (nSPS) is 30.0. The first-order valence-electron chi connectivity index (χ1n) is 13.6. The maximum atomic E-state index is 14.5. The summed E-state index contributed by atoms with van der Waals surface area (Å²) in [6, 6.07) is 11.4. The zero-order chi connectivity index (χ0) is 30.1. The van der Waals surface area contributed by atoms with Gasteiger partial charge in [0, 0.05) is 23.6 Å². The van der Waals surface area contributed by atoms with Crippen molar-refractivity contribution in [2.24, 2.45) is 29.1 Å². The van der Waals surface area contributed by atoms with Gasteiger partial charge in [-0.3, -0.25) is 19.2 Å². The molecule has 0 aromatic heterocycles. The Morgan fingerprint density at radius 1 is 0.929 bits per heavy atom. The Labute approximate surface area is 241 Å². The number of methoxy groups -OCH3 is 3. The van der Waals surface area contributed by atoms with Crippen molar-refractivity contribution in [3.63, 3.8) is 0 Å². The molecule has 0 radical (unpaired) electrons. The zero-order valence-corrected chi connectivity index (χ0v) is 23.5. The molecule has 2 aromatic carbocycles. The molecule has 218 valence electrons. The van der Waals surface area contributed by atoms with Gasteiger partial charge in [0.25, 0.3) is 0 Å². The van der Waals surface area contributed by atoms with Gasteiger partial charge in [-0.25, -0.2) is 9.69 Å². The molecule has 1 saturated carbocycles. The monoisotopic (exact) mass is 574 g/mol. The van der Waals surface area contributed by atoms with Crippen molar-refractivity contribution in [2.45, 2.75) is 25.7 Å². The van der Waals surface area contributed by atoms with Crippen LogP contribution in [0.15, 0.2) is 54.1 Å². The minimum absolute atomic E-state index is 0.116. The summed E-state index contributed by atoms with van der Waals surface area (Å²) in [7, 11) is 3.95. The highest BCUT2D eigenvalue weighted by molar-refractivity contribution is 6.24. The number of likely N-dealkylation sites (tertiary alicyclic amines) is 1. The lowest BCUT2D eigenvalue weighted by molar-refractivity contribution is -0.138. The highest BCUT2D eigenvalue weighted by Gasteiger charge is 2.68. The molecule has 2 saturated heterocycles. The standard InChI is InChI=1S/C31H30N2O9/c1-31-20(27(36)32(29(31)38)15-8-6-5-7-9-15)14-19-17(25(31)24-21(40-2)12-16(34)13-22(24)41-3)10-11-18-23(19)28(37)33(26(18)35)30(39)42-4/h5-10,12-13,18-20,23,25,34H,11,14H2,1-4H3. The third kappa shape index (κ3) is 3.55. The highest BCUT2D eigenvalue weighted by Crippen LogP contribution is 2.65. The van der Waals surface area contributed by atoms with E-state index < -0.39 is 64.7 Å². The lowest BCUT2D eigenvalue weighted by atomic mass is 9.51. The number of hydrogen-bond donors (Lipinski definition) is 1. The van der Waals surface area contributed by atoms with Crippen molar-refractivity contribution >= 4 is 35.4 Å². The fourth-order valence-corrected chi connectivity index (χ4v) is 7.63. The largest absolute Gasteiger partial charge is 0.508 e. The Kier molecular flexibility index (Phi) is 6.36. The van der Waals surface area contributed by atoms with Crippen LogP contribution in [0.4, 0.5) is 10.5 Å². The molecule has 4 aliphatic rings. The van der Waals surface area contributed by atoms with Gasteiger partial charge in [-0.05, 0) is 37.8 Å². The molecule has 11 nitrogen and oxygen atoms in total. The molecule has 6 rings (SSSR count). The molecular formula is C31H30N2O9. The summed E-state index contributed by atoms with van der Waals surface area (Å²) in [5, 5.41) is 10.4. The second kappa shape index (κ2) is 9.71. The Bertz CT molecular complexity index is 1540. The molecule has 2 aromatic rings. The van der Waals surface area contributed by atoms with Gasteiger partial charge in [-0.1, -0.05) is 29.8 Å². The average molecular weight is 575 g/mol. The SMILES string of the molecule is COC(=O)N1C(=O)C2CC=C3C(CC4C(=O)N(c5ccccc5)C(=O)C4(C)C3c3c(OC)cc(O)cc3OC)C2C1=O. The van der Waals surface area contributed by atoms with E-state index >= 15 is 0 Å². The lowest BCUT2D eigenvalue weighted by Gasteiger charge is -2.49. The van der Waals surface area contributed by atoms with E-state index in [4.69, 9.17) is 14.2 Å². The summed E-state index contributed by atoms with van der Waals surface area (Å²) in [5.74, 6) is -5.89. The molecule has 6 unspecified atom stereocenters. The predicted molar refractivity (Wildman–Crippen MR) is 147 cm³/mol. The quantitative estimate of drug-likeness (QED) is 0.430. The lowest BCUT2D eigenvalue weighted by Crippen LogP contribution is -2.49. The van der Waals surface area contributed by atoms with Crippen LogP contribution in [0.2, 0.25) is 0 Å². The second-order valence-electron chi connectivity index (χ2n) is 11.2. The number of rotatable bonds is 4. The average Bonchev–Trinajstić information content (AvgIpc) is 3.36. The summed E-state index contributed by atoms with van der Waals surface area (Å²) < 4.78 is 16.1. The number of anilines is 1. The summed E-state index contributed by atoms with van der Waals surface area (Å²) in [5.41, 5.74) is 0.205. The fourth-order valence-electron chi connectivity index (χ4n) is 7.63. The topological polar surface area (TPSA) is 140 Å².